The van der Waals surface area contributed by atoms with Gasteiger partial charge in [-0.1, -0.05) is 25.1 Å². The topological polar surface area (TPSA) is 37.8 Å². The van der Waals surface area contributed by atoms with E-state index in [2.05, 4.69) is 51.9 Å². The Kier molecular flexibility index (Phi) is 3.76. The van der Waals surface area contributed by atoms with Gasteiger partial charge in [-0.05, 0) is 35.9 Å². The lowest BCUT2D eigenvalue weighted by molar-refractivity contribution is 0.616. The zero-order valence-electron chi connectivity index (χ0n) is 11.6. The second kappa shape index (κ2) is 5.69. The fourth-order valence-corrected chi connectivity index (χ4v) is 3.32. The monoisotopic (exact) mass is 283 g/mol. The predicted molar refractivity (Wildman–Crippen MR) is 84.1 cm³/mol. The van der Waals surface area contributed by atoms with Crippen LogP contribution in [0.2, 0.25) is 0 Å². The molecule has 0 spiro atoms. The van der Waals surface area contributed by atoms with Crippen LogP contribution in [0.25, 0.3) is 10.1 Å². The van der Waals surface area contributed by atoms with E-state index in [0.29, 0.717) is 0 Å². The molecule has 0 bridgehead atoms. The molecule has 2 heterocycles. The Labute approximate surface area is 122 Å². The van der Waals surface area contributed by atoms with Gasteiger partial charge in [-0.15, -0.1) is 11.3 Å². The summed E-state index contributed by atoms with van der Waals surface area (Å²) in [4.78, 5) is 8.92. The number of thiophene rings is 1. The van der Waals surface area contributed by atoms with Crippen LogP contribution >= 0.6 is 11.3 Å². The minimum Gasteiger partial charge on any atom is -0.305 e. The number of aryl methyl sites for hydroxylation is 1. The van der Waals surface area contributed by atoms with Crippen molar-refractivity contribution in [1.29, 1.82) is 0 Å². The molecule has 1 unspecified atom stereocenters. The number of fused-ring (bicyclic) bond motifs is 1. The quantitative estimate of drug-likeness (QED) is 0.793. The molecule has 3 nitrogen and oxygen atoms in total. The fraction of sp³-hybridized carbons (Fsp3) is 0.250. The van der Waals surface area contributed by atoms with Gasteiger partial charge in [-0.3, -0.25) is 9.97 Å². The van der Waals surface area contributed by atoms with Crippen LogP contribution in [0.1, 0.15) is 29.9 Å². The number of hydrogen-bond donors (Lipinski definition) is 1. The fourth-order valence-electron chi connectivity index (χ4n) is 2.37. The lowest BCUT2D eigenvalue weighted by atomic mass is 10.0. The highest BCUT2D eigenvalue weighted by Crippen LogP contribution is 2.31. The maximum atomic E-state index is 4.54. The third-order valence-corrected chi connectivity index (χ3v) is 4.30. The summed E-state index contributed by atoms with van der Waals surface area (Å²) in [6.45, 7) is 4.96. The van der Waals surface area contributed by atoms with Gasteiger partial charge in [0.15, 0.2) is 0 Å². The minimum atomic E-state index is 0.0930. The third kappa shape index (κ3) is 2.44. The lowest BCUT2D eigenvalue weighted by Crippen LogP contribution is -2.23. The molecule has 0 amide bonds. The van der Waals surface area contributed by atoms with E-state index in [1.807, 2.05) is 19.3 Å². The standard InChI is InChI=1S/C16H17N3S/c1-3-17-15(14-10-18-11(2)9-19-14)13-6-4-5-12-7-8-20-16(12)13/h4-10,15,17H,3H2,1-2H3. The molecule has 2 aromatic heterocycles. The molecule has 1 atom stereocenters. The van der Waals surface area contributed by atoms with Crippen LogP contribution in [0.15, 0.2) is 42.0 Å². The van der Waals surface area contributed by atoms with E-state index in [-0.39, 0.29) is 6.04 Å². The average Bonchev–Trinajstić information content (AvgIpc) is 2.94. The van der Waals surface area contributed by atoms with Crippen LogP contribution < -0.4 is 5.32 Å². The van der Waals surface area contributed by atoms with Gasteiger partial charge in [-0.2, -0.15) is 0 Å². The summed E-state index contributed by atoms with van der Waals surface area (Å²) in [5.41, 5.74) is 3.19. The molecule has 20 heavy (non-hydrogen) atoms. The molecule has 3 rings (SSSR count). The van der Waals surface area contributed by atoms with Crippen molar-refractivity contribution in [2.75, 3.05) is 6.54 Å². The van der Waals surface area contributed by atoms with Gasteiger partial charge in [0.25, 0.3) is 0 Å². The molecule has 0 aliphatic heterocycles. The molecule has 0 aliphatic carbocycles. The van der Waals surface area contributed by atoms with Crippen molar-refractivity contribution in [2.24, 2.45) is 0 Å². The van der Waals surface area contributed by atoms with Gasteiger partial charge in [-0.25, -0.2) is 0 Å². The first-order chi connectivity index (χ1) is 9.79. The average molecular weight is 283 g/mol. The summed E-state index contributed by atoms with van der Waals surface area (Å²) in [5.74, 6) is 0. The molecule has 102 valence electrons. The molecule has 4 heteroatoms. The van der Waals surface area contributed by atoms with E-state index < -0.39 is 0 Å². The highest BCUT2D eigenvalue weighted by molar-refractivity contribution is 7.17. The maximum absolute atomic E-state index is 4.54. The van der Waals surface area contributed by atoms with Crippen molar-refractivity contribution in [2.45, 2.75) is 19.9 Å². The molecule has 1 N–H and O–H groups in total. The van der Waals surface area contributed by atoms with Gasteiger partial charge >= 0.3 is 0 Å². The maximum Gasteiger partial charge on any atom is 0.0802 e. The number of benzene rings is 1. The van der Waals surface area contributed by atoms with E-state index in [1.54, 1.807) is 11.3 Å². The van der Waals surface area contributed by atoms with E-state index in [0.717, 1.165) is 17.9 Å². The van der Waals surface area contributed by atoms with Gasteiger partial charge in [0, 0.05) is 10.9 Å². The van der Waals surface area contributed by atoms with Crippen LogP contribution in [0.4, 0.5) is 0 Å². The predicted octanol–water partition coefficient (Wildman–Crippen LogP) is 3.70. The third-order valence-electron chi connectivity index (χ3n) is 3.33. The Bertz CT molecular complexity index is 703. The molecule has 0 radical (unpaired) electrons. The number of nitrogens with one attached hydrogen (secondary N) is 1. The SMILES string of the molecule is CCNC(c1cnc(C)cn1)c1cccc2ccsc12. The first-order valence-corrected chi connectivity index (χ1v) is 7.65. The number of hydrogen-bond acceptors (Lipinski definition) is 4. The van der Waals surface area contributed by atoms with Crippen molar-refractivity contribution in [3.63, 3.8) is 0 Å². The zero-order chi connectivity index (χ0) is 13.9. The van der Waals surface area contributed by atoms with Crippen molar-refractivity contribution < 1.29 is 0 Å². The Balaban J connectivity index is 2.10. The second-order valence-corrected chi connectivity index (χ2v) is 5.68. The Morgan fingerprint density at radius 3 is 2.85 bits per heavy atom. The molecule has 1 aromatic carbocycles. The molecule has 0 fully saturated rings. The van der Waals surface area contributed by atoms with Crippen molar-refractivity contribution in [3.8, 4) is 0 Å². The molecule has 3 aromatic rings. The van der Waals surface area contributed by atoms with Crippen LogP contribution in [-0.4, -0.2) is 16.5 Å². The largest absolute Gasteiger partial charge is 0.305 e. The first kappa shape index (κ1) is 13.2. The van der Waals surface area contributed by atoms with E-state index in [9.17, 15) is 0 Å². The van der Waals surface area contributed by atoms with Crippen molar-refractivity contribution in [1.82, 2.24) is 15.3 Å². The molecule has 0 saturated carbocycles. The second-order valence-electron chi connectivity index (χ2n) is 4.76. The Hall–Kier alpha value is -1.78. The van der Waals surface area contributed by atoms with Gasteiger partial charge in [0.1, 0.15) is 0 Å². The Morgan fingerprint density at radius 2 is 2.10 bits per heavy atom. The number of rotatable bonds is 4. The van der Waals surface area contributed by atoms with Gasteiger partial charge < -0.3 is 5.32 Å². The smallest absolute Gasteiger partial charge is 0.0802 e. The minimum absolute atomic E-state index is 0.0930. The number of nitrogens with zero attached hydrogens (tertiary/aromatic N) is 2. The zero-order valence-corrected chi connectivity index (χ0v) is 12.4. The highest BCUT2D eigenvalue weighted by Gasteiger charge is 2.17. The van der Waals surface area contributed by atoms with Crippen LogP contribution in [0, 0.1) is 6.92 Å². The van der Waals surface area contributed by atoms with Crippen molar-refractivity contribution in [3.05, 3.63) is 59.0 Å². The highest BCUT2D eigenvalue weighted by atomic mass is 32.1. The summed E-state index contributed by atoms with van der Waals surface area (Å²) in [6.07, 6.45) is 3.70. The van der Waals surface area contributed by atoms with E-state index >= 15 is 0 Å². The normalized spacial score (nSPS) is 12.7. The van der Waals surface area contributed by atoms with E-state index in [1.165, 1.54) is 15.6 Å². The summed E-state index contributed by atoms with van der Waals surface area (Å²) in [6, 6.07) is 8.69. The Morgan fingerprint density at radius 1 is 1.20 bits per heavy atom. The summed E-state index contributed by atoms with van der Waals surface area (Å²) in [5, 5.41) is 6.95. The van der Waals surface area contributed by atoms with Crippen LogP contribution in [0.5, 0.6) is 0 Å². The molecule has 0 aliphatic rings. The van der Waals surface area contributed by atoms with E-state index in [4.69, 9.17) is 0 Å². The van der Waals surface area contributed by atoms with Crippen LogP contribution in [-0.2, 0) is 0 Å². The van der Waals surface area contributed by atoms with Crippen molar-refractivity contribution >= 4 is 21.4 Å². The molecule has 0 saturated heterocycles. The van der Waals surface area contributed by atoms with Gasteiger partial charge in [0.05, 0.1) is 23.6 Å². The first-order valence-electron chi connectivity index (χ1n) is 6.77. The summed E-state index contributed by atoms with van der Waals surface area (Å²) in [7, 11) is 0. The van der Waals surface area contributed by atoms with Crippen LogP contribution in [0.3, 0.4) is 0 Å². The number of aromatic nitrogens is 2. The molecular formula is C16H17N3S. The lowest BCUT2D eigenvalue weighted by Gasteiger charge is -2.18. The summed E-state index contributed by atoms with van der Waals surface area (Å²) < 4.78 is 1.32. The summed E-state index contributed by atoms with van der Waals surface area (Å²) >= 11 is 1.78. The molecular weight excluding hydrogens is 266 g/mol. The van der Waals surface area contributed by atoms with Gasteiger partial charge in [0.2, 0.25) is 0 Å².